The Hall–Kier alpha value is -3.16. The zero-order valence-corrected chi connectivity index (χ0v) is 22.4. The van der Waals surface area contributed by atoms with E-state index < -0.39 is 17.9 Å². The lowest BCUT2D eigenvalue weighted by Crippen LogP contribution is -2.39. The van der Waals surface area contributed by atoms with E-state index in [1.165, 1.54) is 25.0 Å². The Kier molecular flexibility index (Phi) is 7.49. The maximum Gasteiger partial charge on any atom is 0.337 e. The number of aromatic carboxylic acids is 1. The first-order valence-electron chi connectivity index (χ1n) is 13.1. The summed E-state index contributed by atoms with van der Waals surface area (Å²) in [6, 6.07) is 6.36. The Morgan fingerprint density at radius 1 is 1.19 bits per heavy atom. The van der Waals surface area contributed by atoms with E-state index in [4.69, 9.17) is 4.99 Å². The van der Waals surface area contributed by atoms with Crippen molar-refractivity contribution in [3.63, 3.8) is 0 Å². The quantitative estimate of drug-likeness (QED) is 0.422. The number of alkyl halides is 2. The van der Waals surface area contributed by atoms with E-state index in [0.717, 1.165) is 44.2 Å². The number of piperidine rings is 1. The van der Waals surface area contributed by atoms with Gasteiger partial charge in [-0.25, -0.2) is 18.6 Å². The van der Waals surface area contributed by atoms with Crippen molar-refractivity contribution < 1.29 is 18.7 Å². The summed E-state index contributed by atoms with van der Waals surface area (Å²) in [7, 11) is 0. The van der Waals surface area contributed by atoms with Crippen molar-refractivity contribution in [3.8, 4) is 0 Å². The molecule has 1 aliphatic heterocycles. The molecule has 1 spiro atoms. The second-order valence-electron chi connectivity index (χ2n) is 10.9. The number of aromatic nitrogens is 1. The number of hydrogen-bond acceptors (Lipinski definition) is 4. The van der Waals surface area contributed by atoms with E-state index in [1.54, 1.807) is 18.2 Å². The molecule has 1 saturated carbocycles. The van der Waals surface area contributed by atoms with Gasteiger partial charge in [0, 0.05) is 43.5 Å². The van der Waals surface area contributed by atoms with Gasteiger partial charge in [-0.05, 0) is 88.6 Å². The highest BCUT2D eigenvalue weighted by atomic mass is 19.3. The number of allylic oxidation sites excluding steroid dienone is 1. The second kappa shape index (κ2) is 10.3. The summed E-state index contributed by atoms with van der Waals surface area (Å²) in [4.78, 5) is 19.1. The Morgan fingerprint density at radius 2 is 1.84 bits per heavy atom. The molecule has 0 radical (unpaired) electrons. The Labute approximate surface area is 217 Å². The van der Waals surface area contributed by atoms with E-state index in [-0.39, 0.29) is 17.3 Å². The minimum Gasteiger partial charge on any atom is -0.478 e. The van der Waals surface area contributed by atoms with Crippen molar-refractivity contribution in [2.45, 2.75) is 78.3 Å². The standard InChI is InChI=1S/C29H38F2N4O2/c1-6-24(34-15-13-29(11-12-29)14-16-34)33-26-22(17-20(4)18-35(26)19(2)3)25(28(5,30)31)32-23-10-8-7-9-21(23)27(36)37/h6-10,17-19,25,32H,11-16H2,1-5H3,(H,36,37)/b24-6?,33-26-. The molecule has 1 aromatic heterocycles. The van der Waals surface area contributed by atoms with Gasteiger partial charge >= 0.3 is 5.97 Å². The summed E-state index contributed by atoms with van der Waals surface area (Å²) >= 11 is 0. The van der Waals surface area contributed by atoms with Crippen LogP contribution < -0.4 is 10.8 Å². The number of aryl methyl sites for hydroxylation is 1. The second-order valence-corrected chi connectivity index (χ2v) is 10.9. The molecule has 1 aliphatic carbocycles. The van der Waals surface area contributed by atoms with Gasteiger partial charge in [0.1, 0.15) is 17.4 Å². The van der Waals surface area contributed by atoms with Gasteiger partial charge < -0.3 is 19.9 Å². The molecule has 1 atom stereocenters. The molecule has 2 heterocycles. The van der Waals surface area contributed by atoms with Gasteiger partial charge in [-0.1, -0.05) is 12.1 Å². The number of halogens is 2. The van der Waals surface area contributed by atoms with Crippen molar-refractivity contribution in [1.29, 1.82) is 0 Å². The number of carboxylic acids is 1. The summed E-state index contributed by atoms with van der Waals surface area (Å²) in [6.45, 7) is 10.5. The van der Waals surface area contributed by atoms with Crippen molar-refractivity contribution in [1.82, 2.24) is 9.47 Å². The van der Waals surface area contributed by atoms with Crippen LogP contribution in [0.15, 0.2) is 53.4 Å². The number of likely N-dealkylation sites (tertiary alicyclic amines) is 1. The molecule has 2 fully saturated rings. The van der Waals surface area contributed by atoms with Crippen LogP contribution in [0, 0.1) is 12.3 Å². The summed E-state index contributed by atoms with van der Waals surface area (Å²) in [6.07, 6.45) is 8.75. The summed E-state index contributed by atoms with van der Waals surface area (Å²) in [5.41, 5.74) is 2.20. The molecule has 0 amide bonds. The monoisotopic (exact) mass is 512 g/mol. The van der Waals surface area contributed by atoms with Crippen LogP contribution in [-0.2, 0) is 0 Å². The van der Waals surface area contributed by atoms with Crippen LogP contribution in [-0.4, -0.2) is 39.6 Å². The highest BCUT2D eigenvalue weighted by Gasteiger charge is 2.44. The van der Waals surface area contributed by atoms with E-state index in [9.17, 15) is 9.90 Å². The zero-order chi connectivity index (χ0) is 27.0. The number of carbonyl (C=O) groups is 1. The first kappa shape index (κ1) is 26.9. The molecule has 1 aromatic carbocycles. The molecule has 200 valence electrons. The molecule has 2 N–H and O–H groups in total. The highest BCUT2D eigenvalue weighted by molar-refractivity contribution is 5.94. The largest absolute Gasteiger partial charge is 0.478 e. The predicted molar refractivity (Wildman–Crippen MR) is 142 cm³/mol. The van der Waals surface area contributed by atoms with Crippen LogP contribution in [0.4, 0.5) is 14.5 Å². The highest BCUT2D eigenvalue weighted by Crippen LogP contribution is 2.53. The van der Waals surface area contributed by atoms with Crippen LogP contribution in [0.2, 0.25) is 0 Å². The van der Waals surface area contributed by atoms with Crippen LogP contribution in [0.3, 0.4) is 0 Å². The van der Waals surface area contributed by atoms with Gasteiger partial charge in [0.15, 0.2) is 0 Å². The van der Waals surface area contributed by atoms with Gasteiger partial charge in [0.2, 0.25) is 0 Å². The fourth-order valence-electron chi connectivity index (χ4n) is 5.25. The molecule has 2 aliphatic rings. The number of rotatable bonds is 8. The molecule has 8 heteroatoms. The number of benzene rings is 1. The number of nitrogens with one attached hydrogen (secondary N) is 1. The number of carboxylic acid groups (broad SMARTS) is 1. The van der Waals surface area contributed by atoms with E-state index >= 15 is 8.78 Å². The number of pyridine rings is 1. The molecule has 1 unspecified atom stereocenters. The third-order valence-electron chi connectivity index (χ3n) is 7.64. The molecule has 37 heavy (non-hydrogen) atoms. The minimum absolute atomic E-state index is 0.0240. The van der Waals surface area contributed by atoms with Crippen molar-refractivity contribution >= 4 is 11.7 Å². The van der Waals surface area contributed by atoms with E-state index in [1.807, 2.05) is 44.5 Å². The summed E-state index contributed by atoms with van der Waals surface area (Å²) in [5, 5.41) is 12.5. The van der Waals surface area contributed by atoms with Crippen molar-refractivity contribution in [2.75, 3.05) is 18.4 Å². The molecular formula is C29H38F2N4O2. The lowest BCUT2D eigenvalue weighted by Gasteiger charge is -2.34. The van der Waals surface area contributed by atoms with Crippen LogP contribution in [0.1, 0.15) is 86.9 Å². The van der Waals surface area contributed by atoms with E-state index in [2.05, 4.69) is 10.2 Å². The number of nitrogens with zero attached hydrogens (tertiary/aromatic N) is 3. The smallest absolute Gasteiger partial charge is 0.337 e. The molecule has 4 rings (SSSR count). The molecular weight excluding hydrogens is 474 g/mol. The van der Waals surface area contributed by atoms with Gasteiger partial charge in [-0.3, -0.25) is 0 Å². The van der Waals surface area contributed by atoms with E-state index in [0.29, 0.717) is 16.5 Å². The van der Waals surface area contributed by atoms with Crippen LogP contribution >= 0.6 is 0 Å². The topological polar surface area (TPSA) is 69.9 Å². The van der Waals surface area contributed by atoms with Gasteiger partial charge in [-0.2, -0.15) is 0 Å². The number of anilines is 1. The molecule has 0 bridgehead atoms. The van der Waals surface area contributed by atoms with Crippen LogP contribution in [0.5, 0.6) is 0 Å². The first-order chi connectivity index (χ1) is 17.4. The van der Waals surface area contributed by atoms with Crippen LogP contribution in [0.25, 0.3) is 0 Å². The Bertz CT molecular complexity index is 1250. The van der Waals surface area contributed by atoms with Gasteiger partial charge in [0.25, 0.3) is 5.92 Å². The maximum atomic E-state index is 15.3. The average molecular weight is 513 g/mol. The number of para-hydroxylation sites is 1. The maximum absolute atomic E-state index is 15.3. The molecule has 2 aromatic rings. The minimum atomic E-state index is -3.21. The summed E-state index contributed by atoms with van der Waals surface area (Å²) in [5.74, 6) is -3.61. The third kappa shape index (κ3) is 5.89. The normalized spacial score (nSPS) is 18.9. The predicted octanol–water partition coefficient (Wildman–Crippen LogP) is 6.52. The third-order valence-corrected chi connectivity index (χ3v) is 7.64. The zero-order valence-electron chi connectivity index (χ0n) is 22.4. The van der Waals surface area contributed by atoms with Crippen molar-refractivity contribution in [2.24, 2.45) is 10.4 Å². The average Bonchev–Trinajstić information content (AvgIpc) is 3.60. The summed E-state index contributed by atoms with van der Waals surface area (Å²) < 4.78 is 32.6. The first-order valence-corrected chi connectivity index (χ1v) is 13.1. The number of hydrogen-bond donors (Lipinski definition) is 2. The lowest BCUT2D eigenvalue weighted by molar-refractivity contribution is 0.0000138. The molecule has 6 nitrogen and oxygen atoms in total. The van der Waals surface area contributed by atoms with Gasteiger partial charge in [-0.15, -0.1) is 0 Å². The fraction of sp³-hybridized carbons (Fsp3) is 0.517. The Morgan fingerprint density at radius 3 is 2.38 bits per heavy atom. The van der Waals surface area contributed by atoms with Gasteiger partial charge in [0.05, 0.1) is 5.56 Å². The SMILES string of the molecule is CC=C(/N=c1/c(C(Nc2ccccc2C(=O)O)C(C)(F)F)cc(C)cn1C(C)C)N1CCC2(CC1)CC2. The lowest BCUT2D eigenvalue weighted by atomic mass is 9.94. The molecule has 1 saturated heterocycles. The fourth-order valence-corrected chi connectivity index (χ4v) is 5.25. The van der Waals surface area contributed by atoms with Crippen molar-refractivity contribution in [3.05, 3.63) is 70.6 Å². The Balaban J connectivity index is 1.85.